The van der Waals surface area contributed by atoms with Crippen LogP contribution in [0.4, 0.5) is 0 Å². The van der Waals surface area contributed by atoms with E-state index < -0.39 is 0 Å². The Morgan fingerprint density at radius 1 is 1.19 bits per heavy atom. The molecule has 4 unspecified atom stereocenters. The molecule has 1 aromatic carbocycles. The van der Waals surface area contributed by atoms with Gasteiger partial charge in [0, 0.05) is 24.7 Å². The molecule has 1 heterocycles. The lowest BCUT2D eigenvalue weighted by molar-refractivity contribution is 0.129. The van der Waals surface area contributed by atoms with Crippen molar-refractivity contribution in [2.24, 2.45) is 5.92 Å². The number of hydrogen-bond donors (Lipinski definition) is 1. The van der Waals surface area contributed by atoms with E-state index in [4.69, 9.17) is 0 Å². The first-order chi connectivity index (χ1) is 10.2. The first-order valence-corrected chi connectivity index (χ1v) is 8.80. The molecule has 2 bridgehead atoms. The summed E-state index contributed by atoms with van der Waals surface area (Å²) in [6.07, 6.45) is 5.45. The molecule has 0 amide bonds. The van der Waals surface area contributed by atoms with Crippen molar-refractivity contribution in [3.05, 3.63) is 35.4 Å². The molecule has 0 radical (unpaired) electrons. The van der Waals surface area contributed by atoms with Crippen molar-refractivity contribution in [3.63, 3.8) is 0 Å². The number of likely N-dealkylation sites (N-methyl/N-ethyl adjacent to an activating group) is 1. The topological polar surface area (TPSA) is 15.3 Å². The maximum atomic E-state index is 3.73. The van der Waals surface area contributed by atoms with Crippen LogP contribution in [0.2, 0.25) is 0 Å². The van der Waals surface area contributed by atoms with Crippen LogP contribution in [0.3, 0.4) is 0 Å². The van der Waals surface area contributed by atoms with Crippen molar-refractivity contribution in [2.75, 3.05) is 13.1 Å². The lowest BCUT2D eigenvalue weighted by atomic mass is 9.96. The van der Waals surface area contributed by atoms with Crippen LogP contribution in [-0.2, 0) is 6.42 Å². The Balaban J connectivity index is 1.76. The van der Waals surface area contributed by atoms with Gasteiger partial charge in [-0.05, 0) is 56.2 Å². The first-order valence-electron chi connectivity index (χ1n) is 8.80. The Kier molecular flexibility index (Phi) is 4.66. The second kappa shape index (κ2) is 6.50. The molecule has 21 heavy (non-hydrogen) atoms. The van der Waals surface area contributed by atoms with Gasteiger partial charge in [-0.15, -0.1) is 0 Å². The minimum atomic E-state index is 0.459. The Morgan fingerprint density at radius 3 is 2.48 bits per heavy atom. The maximum absolute atomic E-state index is 3.73. The smallest absolute Gasteiger partial charge is 0.0475 e. The van der Waals surface area contributed by atoms with E-state index in [2.05, 4.69) is 55.3 Å². The van der Waals surface area contributed by atoms with Gasteiger partial charge in [0.05, 0.1) is 0 Å². The summed E-state index contributed by atoms with van der Waals surface area (Å²) >= 11 is 0. The molecule has 4 atom stereocenters. The van der Waals surface area contributed by atoms with Gasteiger partial charge in [-0.2, -0.15) is 0 Å². The highest BCUT2D eigenvalue weighted by Gasteiger charge is 2.41. The van der Waals surface area contributed by atoms with Crippen LogP contribution >= 0.6 is 0 Å². The monoisotopic (exact) mass is 286 g/mol. The summed E-state index contributed by atoms with van der Waals surface area (Å²) in [7, 11) is 0. The zero-order chi connectivity index (χ0) is 14.8. The summed E-state index contributed by atoms with van der Waals surface area (Å²) < 4.78 is 0. The quantitative estimate of drug-likeness (QED) is 0.856. The number of piperidine rings is 1. The van der Waals surface area contributed by atoms with Crippen molar-refractivity contribution in [2.45, 2.75) is 64.6 Å². The zero-order valence-corrected chi connectivity index (χ0v) is 13.8. The van der Waals surface area contributed by atoms with Crippen molar-refractivity contribution in [1.29, 1.82) is 0 Å². The van der Waals surface area contributed by atoms with E-state index in [1.165, 1.54) is 36.9 Å². The summed E-state index contributed by atoms with van der Waals surface area (Å²) in [5.74, 6) is 0.974. The molecule has 0 spiro atoms. The number of nitrogens with one attached hydrogen (secondary N) is 1. The van der Waals surface area contributed by atoms with E-state index in [-0.39, 0.29) is 0 Å². The predicted octanol–water partition coefficient (Wildman–Crippen LogP) is 3.77. The maximum Gasteiger partial charge on any atom is 0.0475 e. The normalized spacial score (nSPS) is 28.0. The fourth-order valence-electron chi connectivity index (χ4n) is 4.40. The van der Waals surface area contributed by atoms with Gasteiger partial charge in [0.25, 0.3) is 0 Å². The summed E-state index contributed by atoms with van der Waals surface area (Å²) in [4.78, 5) is 2.77. The Labute approximate surface area is 129 Å². The van der Waals surface area contributed by atoms with Crippen molar-refractivity contribution in [3.8, 4) is 0 Å². The highest BCUT2D eigenvalue weighted by molar-refractivity contribution is 5.26. The van der Waals surface area contributed by atoms with Crippen LogP contribution in [-0.4, -0.2) is 30.1 Å². The van der Waals surface area contributed by atoms with E-state index in [1.54, 1.807) is 0 Å². The molecule has 2 heteroatoms. The van der Waals surface area contributed by atoms with Gasteiger partial charge in [0.1, 0.15) is 0 Å². The number of benzene rings is 1. The van der Waals surface area contributed by atoms with E-state index >= 15 is 0 Å². The number of aryl methyl sites for hydroxylation is 1. The van der Waals surface area contributed by atoms with E-state index in [0.29, 0.717) is 12.1 Å². The lowest BCUT2D eigenvalue weighted by Crippen LogP contribution is -2.46. The molecule has 2 nitrogen and oxygen atoms in total. The standard InChI is InChI=1S/C19H30N2/c1-4-15-6-9-17(10-7-15)19(20-5-2)14(3)21-13-16-8-11-18(21)12-16/h6-7,9-10,14,16,18-20H,4-5,8,11-13H2,1-3H3. The Bertz CT molecular complexity index is 453. The molecule has 1 aliphatic carbocycles. The van der Waals surface area contributed by atoms with E-state index in [0.717, 1.165) is 24.9 Å². The fourth-order valence-corrected chi connectivity index (χ4v) is 4.40. The van der Waals surface area contributed by atoms with Gasteiger partial charge in [-0.25, -0.2) is 0 Å². The van der Waals surface area contributed by atoms with Crippen LogP contribution in [0.5, 0.6) is 0 Å². The molecular weight excluding hydrogens is 256 g/mol. The van der Waals surface area contributed by atoms with Crippen molar-refractivity contribution < 1.29 is 0 Å². The first kappa shape index (κ1) is 15.1. The second-order valence-corrected chi connectivity index (χ2v) is 6.90. The Morgan fingerprint density at radius 2 is 1.95 bits per heavy atom. The highest BCUT2D eigenvalue weighted by Crippen LogP contribution is 2.40. The molecular formula is C19H30N2. The number of nitrogens with zero attached hydrogens (tertiary/aromatic N) is 1. The molecule has 2 fully saturated rings. The SMILES string of the molecule is CCNC(c1ccc(CC)cc1)C(C)N1CC2CCC1C2. The van der Waals surface area contributed by atoms with Crippen LogP contribution in [0.15, 0.2) is 24.3 Å². The molecule has 2 aliphatic rings. The summed E-state index contributed by atoms with van der Waals surface area (Å²) in [6.45, 7) is 9.21. The third-order valence-electron chi connectivity index (χ3n) is 5.63. The van der Waals surface area contributed by atoms with Crippen LogP contribution in [0, 0.1) is 5.92 Å². The molecule has 0 aromatic heterocycles. The van der Waals surface area contributed by atoms with Gasteiger partial charge >= 0.3 is 0 Å². The number of hydrogen-bond acceptors (Lipinski definition) is 2. The molecule has 1 saturated heterocycles. The molecule has 1 aliphatic heterocycles. The van der Waals surface area contributed by atoms with Crippen LogP contribution in [0.25, 0.3) is 0 Å². The number of likely N-dealkylation sites (tertiary alicyclic amines) is 1. The van der Waals surface area contributed by atoms with Crippen molar-refractivity contribution in [1.82, 2.24) is 10.2 Å². The minimum Gasteiger partial charge on any atom is -0.309 e. The third-order valence-corrected chi connectivity index (χ3v) is 5.63. The number of rotatable bonds is 6. The fraction of sp³-hybridized carbons (Fsp3) is 0.684. The third kappa shape index (κ3) is 3.02. The van der Waals surface area contributed by atoms with Gasteiger partial charge in [0.2, 0.25) is 0 Å². The zero-order valence-electron chi connectivity index (χ0n) is 13.8. The van der Waals surface area contributed by atoms with Gasteiger partial charge in [0.15, 0.2) is 0 Å². The van der Waals surface area contributed by atoms with E-state index in [1.807, 2.05) is 0 Å². The van der Waals surface area contributed by atoms with Gasteiger partial charge < -0.3 is 5.32 Å². The molecule has 1 aromatic rings. The van der Waals surface area contributed by atoms with Gasteiger partial charge in [-0.3, -0.25) is 4.90 Å². The average molecular weight is 286 g/mol. The average Bonchev–Trinajstić information content (AvgIpc) is 3.15. The molecule has 3 rings (SSSR count). The minimum absolute atomic E-state index is 0.459. The summed E-state index contributed by atoms with van der Waals surface area (Å²) in [5, 5.41) is 3.73. The summed E-state index contributed by atoms with van der Waals surface area (Å²) in [6, 6.07) is 11.1. The van der Waals surface area contributed by atoms with Gasteiger partial charge in [-0.1, -0.05) is 38.1 Å². The van der Waals surface area contributed by atoms with Crippen LogP contribution < -0.4 is 5.32 Å². The second-order valence-electron chi connectivity index (χ2n) is 6.90. The lowest BCUT2D eigenvalue weighted by Gasteiger charge is -2.38. The van der Waals surface area contributed by atoms with E-state index in [9.17, 15) is 0 Å². The van der Waals surface area contributed by atoms with Crippen LogP contribution in [0.1, 0.15) is 57.2 Å². The Hall–Kier alpha value is -0.860. The largest absolute Gasteiger partial charge is 0.309 e. The molecule has 116 valence electrons. The summed E-state index contributed by atoms with van der Waals surface area (Å²) in [5.41, 5.74) is 2.88. The number of fused-ring (bicyclic) bond motifs is 2. The molecule has 1 N–H and O–H groups in total. The predicted molar refractivity (Wildman–Crippen MR) is 89.5 cm³/mol. The molecule has 1 saturated carbocycles. The highest BCUT2D eigenvalue weighted by atomic mass is 15.2. The van der Waals surface area contributed by atoms with Crippen molar-refractivity contribution >= 4 is 0 Å².